The molecule has 2 atom stereocenters. The van der Waals surface area contributed by atoms with Crippen molar-refractivity contribution in [3.05, 3.63) is 46.5 Å². The maximum absolute atomic E-state index is 6.22. The van der Waals surface area contributed by atoms with E-state index in [0.29, 0.717) is 11.1 Å². The number of halogens is 2. The third-order valence-corrected chi connectivity index (χ3v) is 3.31. The lowest BCUT2D eigenvalue weighted by Gasteiger charge is -2.23. The van der Waals surface area contributed by atoms with Crippen molar-refractivity contribution in [2.45, 2.75) is 38.8 Å². The van der Waals surface area contributed by atoms with E-state index in [-0.39, 0.29) is 6.04 Å². The van der Waals surface area contributed by atoms with Crippen LogP contribution in [0.25, 0.3) is 0 Å². The molecule has 0 aliphatic heterocycles. The van der Waals surface area contributed by atoms with Gasteiger partial charge in [0.25, 0.3) is 0 Å². The van der Waals surface area contributed by atoms with Crippen molar-refractivity contribution in [2.24, 2.45) is 0 Å². The largest absolute Gasteiger partial charge is 0.307 e. The van der Waals surface area contributed by atoms with Crippen LogP contribution in [-0.4, -0.2) is 6.04 Å². The third kappa shape index (κ3) is 4.34. The molecule has 1 aromatic carbocycles. The SMILES string of the molecule is C=CCC(C)NC(CC)c1ccc(Cl)cc1Cl. The smallest absolute Gasteiger partial charge is 0.0468 e. The fraction of sp³-hybridized carbons (Fsp3) is 0.429. The average Bonchev–Trinajstić information content (AvgIpc) is 2.27. The molecule has 1 nitrogen and oxygen atoms in total. The van der Waals surface area contributed by atoms with Gasteiger partial charge in [0, 0.05) is 22.1 Å². The third-order valence-electron chi connectivity index (χ3n) is 2.75. The Morgan fingerprint density at radius 2 is 2.12 bits per heavy atom. The second-order valence-electron chi connectivity index (χ2n) is 4.22. The summed E-state index contributed by atoms with van der Waals surface area (Å²) in [6.07, 6.45) is 3.86. The summed E-state index contributed by atoms with van der Waals surface area (Å²) in [5.74, 6) is 0. The highest BCUT2D eigenvalue weighted by Gasteiger charge is 2.14. The van der Waals surface area contributed by atoms with Crippen molar-refractivity contribution in [1.82, 2.24) is 5.32 Å². The van der Waals surface area contributed by atoms with E-state index in [0.717, 1.165) is 23.4 Å². The summed E-state index contributed by atoms with van der Waals surface area (Å²) in [5, 5.41) is 4.94. The summed E-state index contributed by atoms with van der Waals surface area (Å²) in [6, 6.07) is 6.32. The molecule has 2 unspecified atom stereocenters. The zero-order chi connectivity index (χ0) is 12.8. The van der Waals surface area contributed by atoms with Gasteiger partial charge in [-0.15, -0.1) is 6.58 Å². The zero-order valence-corrected chi connectivity index (χ0v) is 11.9. The lowest BCUT2D eigenvalue weighted by atomic mass is 10.0. The van der Waals surface area contributed by atoms with Gasteiger partial charge in [0.2, 0.25) is 0 Å². The molecule has 0 amide bonds. The Kier molecular flexibility index (Phi) is 6.04. The quantitative estimate of drug-likeness (QED) is 0.719. The molecule has 0 fully saturated rings. The molecule has 1 aromatic rings. The van der Waals surface area contributed by atoms with E-state index < -0.39 is 0 Å². The summed E-state index contributed by atoms with van der Waals surface area (Å²) >= 11 is 12.1. The van der Waals surface area contributed by atoms with Gasteiger partial charge in [0.05, 0.1) is 0 Å². The normalized spacial score (nSPS) is 14.4. The van der Waals surface area contributed by atoms with Crippen LogP contribution in [0.3, 0.4) is 0 Å². The molecule has 17 heavy (non-hydrogen) atoms. The second kappa shape index (κ2) is 7.05. The van der Waals surface area contributed by atoms with Crippen LogP contribution >= 0.6 is 23.2 Å². The summed E-state index contributed by atoms with van der Waals surface area (Å²) in [4.78, 5) is 0. The van der Waals surface area contributed by atoms with Crippen molar-refractivity contribution in [2.75, 3.05) is 0 Å². The van der Waals surface area contributed by atoms with Crippen LogP contribution in [0.15, 0.2) is 30.9 Å². The van der Waals surface area contributed by atoms with Gasteiger partial charge in [-0.1, -0.05) is 42.3 Å². The Bertz CT molecular complexity index is 376. The van der Waals surface area contributed by atoms with E-state index in [1.807, 2.05) is 18.2 Å². The van der Waals surface area contributed by atoms with Gasteiger partial charge >= 0.3 is 0 Å². The van der Waals surface area contributed by atoms with Gasteiger partial charge in [-0.25, -0.2) is 0 Å². The van der Waals surface area contributed by atoms with Crippen molar-refractivity contribution < 1.29 is 0 Å². The van der Waals surface area contributed by atoms with Crippen molar-refractivity contribution in [1.29, 1.82) is 0 Å². The van der Waals surface area contributed by atoms with E-state index in [9.17, 15) is 0 Å². The minimum Gasteiger partial charge on any atom is -0.307 e. The highest BCUT2D eigenvalue weighted by atomic mass is 35.5. The first-order valence-corrected chi connectivity index (χ1v) is 6.66. The Hall–Kier alpha value is -0.500. The standard InChI is InChI=1S/C14H19Cl2N/c1-4-6-10(3)17-14(5-2)12-8-7-11(15)9-13(12)16/h4,7-10,14,17H,1,5-6H2,2-3H3. The molecule has 3 heteroatoms. The second-order valence-corrected chi connectivity index (χ2v) is 5.06. The molecule has 94 valence electrons. The average molecular weight is 272 g/mol. The molecule has 0 saturated heterocycles. The van der Waals surface area contributed by atoms with Gasteiger partial charge in [0.1, 0.15) is 0 Å². The summed E-state index contributed by atoms with van der Waals surface area (Å²) in [7, 11) is 0. The van der Waals surface area contributed by atoms with E-state index in [1.54, 1.807) is 6.07 Å². The van der Waals surface area contributed by atoms with Crippen LogP contribution in [0.5, 0.6) is 0 Å². The molecule has 1 N–H and O–H groups in total. The number of hydrogen-bond donors (Lipinski definition) is 1. The van der Waals surface area contributed by atoms with E-state index >= 15 is 0 Å². The van der Waals surface area contributed by atoms with E-state index in [4.69, 9.17) is 23.2 Å². The molecule has 0 aliphatic rings. The van der Waals surface area contributed by atoms with Crippen LogP contribution in [0.4, 0.5) is 0 Å². The lowest BCUT2D eigenvalue weighted by Crippen LogP contribution is -2.30. The van der Waals surface area contributed by atoms with Gasteiger partial charge in [0.15, 0.2) is 0 Å². The van der Waals surface area contributed by atoms with Crippen molar-refractivity contribution >= 4 is 23.2 Å². The minimum absolute atomic E-state index is 0.259. The molecular formula is C14H19Cl2N. The molecule has 0 heterocycles. The Labute approximate surface area is 114 Å². The van der Waals surface area contributed by atoms with Crippen molar-refractivity contribution in [3.8, 4) is 0 Å². The maximum atomic E-state index is 6.22. The van der Waals surface area contributed by atoms with Crippen LogP contribution < -0.4 is 5.32 Å². The molecule has 0 radical (unpaired) electrons. The number of nitrogens with one attached hydrogen (secondary N) is 1. The Morgan fingerprint density at radius 1 is 1.41 bits per heavy atom. The van der Waals surface area contributed by atoms with Gasteiger partial charge in [-0.2, -0.15) is 0 Å². The summed E-state index contributed by atoms with van der Waals surface area (Å²) < 4.78 is 0. The minimum atomic E-state index is 0.259. The number of hydrogen-bond acceptors (Lipinski definition) is 1. The van der Waals surface area contributed by atoms with Crippen LogP contribution in [0, 0.1) is 0 Å². The van der Waals surface area contributed by atoms with Gasteiger partial charge in [-0.3, -0.25) is 0 Å². The molecule has 0 spiro atoms. The lowest BCUT2D eigenvalue weighted by molar-refractivity contribution is 0.448. The Balaban J connectivity index is 2.82. The van der Waals surface area contributed by atoms with E-state index in [2.05, 4.69) is 25.7 Å². The fourth-order valence-corrected chi connectivity index (χ4v) is 2.41. The van der Waals surface area contributed by atoms with Crippen LogP contribution in [0.1, 0.15) is 38.3 Å². The molecule has 0 bridgehead atoms. The van der Waals surface area contributed by atoms with Gasteiger partial charge < -0.3 is 5.32 Å². The van der Waals surface area contributed by atoms with Crippen molar-refractivity contribution in [3.63, 3.8) is 0 Å². The van der Waals surface area contributed by atoms with Crippen LogP contribution in [0.2, 0.25) is 10.0 Å². The molecule has 0 saturated carbocycles. The number of rotatable bonds is 6. The molecule has 1 rings (SSSR count). The predicted octanol–water partition coefficient (Wildman–Crippen LogP) is 5.00. The Morgan fingerprint density at radius 3 is 2.65 bits per heavy atom. The first kappa shape index (κ1) is 14.6. The van der Waals surface area contributed by atoms with E-state index in [1.165, 1.54) is 0 Å². The summed E-state index contributed by atoms with van der Waals surface area (Å²) in [5.41, 5.74) is 1.11. The van der Waals surface area contributed by atoms with Crippen LogP contribution in [-0.2, 0) is 0 Å². The molecule has 0 aromatic heterocycles. The highest BCUT2D eigenvalue weighted by molar-refractivity contribution is 6.35. The summed E-state index contributed by atoms with van der Waals surface area (Å²) in [6.45, 7) is 8.04. The molecular weight excluding hydrogens is 253 g/mol. The van der Waals surface area contributed by atoms with Gasteiger partial charge in [-0.05, 0) is 37.5 Å². The zero-order valence-electron chi connectivity index (χ0n) is 10.3. The first-order valence-electron chi connectivity index (χ1n) is 5.90. The maximum Gasteiger partial charge on any atom is 0.0468 e. The monoisotopic (exact) mass is 271 g/mol. The number of benzene rings is 1. The predicted molar refractivity (Wildman–Crippen MR) is 76.9 cm³/mol. The highest BCUT2D eigenvalue weighted by Crippen LogP contribution is 2.28. The first-order chi connectivity index (χ1) is 8.08. The fourth-order valence-electron chi connectivity index (χ4n) is 1.87. The topological polar surface area (TPSA) is 12.0 Å². The molecule has 0 aliphatic carbocycles.